The Balaban J connectivity index is 0.968. The Morgan fingerprint density at radius 3 is 1.82 bits per heavy atom. The lowest BCUT2D eigenvalue weighted by Crippen LogP contribution is -2.67. The fourth-order valence-corrected chi connectivity index (χ4v) is 16.0. The summed E-state index contributed by atoms with van der Waals surface area (Å²) in [6, 6.07) is 0. The predicted octanol–water partition coefficient (Wildman–Crippen LogP) is -0.757. The summed E-state index contributed by atoms with van der Waals surface area (Å²) in [5.74, 6) is -0.298. The topological polar surface area (TPSA) is 334 Å². The molecule has 9 aliphatic rings. The Bertz CT molecular complexity index is 2000. The molecule has 21 heteroatoms. The highest BCUT2D eigenvalue weighted by Gasteiger charge is 2.70. The van der Waals surface area contributed by atoms with Crippen molar-refractivity contribution in [3.8, 4) is 0 Å². The zero-order chi connectivity index (χ0) is 53.1. The molecule has 0 amide bonds. The van der Waals surface area contributed by atoms with Gasteiger partial charge >= 0.3 is 5.97 Å². The molecule has 418 valence electrons. The third kappa shape index (κ3) is 9.20. The lowest BCUT2D eigenvalue weighted by atomic mass is 9.33. The van der Waals surface area contributed by atoms with E-state index in [1.807, 2.05) is 0 Å². The molecule has 8 fully saturated rings. The molecule has 9 rings (SSSR count). The van der Waals surface area contributed by atoms with Crippen molar-refractivity contribution in [2.75, 3.05) is 26.4 Å². The van der Waals surface area contributed by atoms with Crippen molar-refractivity contribution in [3.63, 3.8) is 0 Å². The van der Waals surface area contributed by atoms with Crippen LogP contribution in [-0.4, -0.2) is 210 Å². The van der Waals surface area contributed by atoms with E-state index in [0.717, 1.165) is 44.9 Å². The number of hydrogen-bond donors (Lipinski definition) is 12. The van der Waals surface area contributed by atoms with Crippen molar-refractivity contribution in [1.82, 2.24) is 0 Å². The van der Waals surface area contributed by atoms with Gasteiger partial charge in [-0.15, -0.1) is 0 Å². The van der Waals surface area contributed by atoms with Gasteiger partial charge in [-0.3, -0.25) is 4.79 Å². The Labute approximate surface area is 426 Å². The lowest BCUT2D eigenvalue weighted by molar-refractivity contribution is -0.384. The summed E-state index contributed by atoms with van der Waals surface area (Å²) < 4.78 is 48.6. The summed E-state index contributed by atoms with van der Waals surface area (Å²) in [6.45, 7) is 14.0. The molecule has 4 heterocycles. The molecule has 0 spiro atoms. The van der Waals surface area contributed by atoms with E-state index in [1.54, 1.807) is 0 Å². The number of aliphatic hydroxyl groups excluding tert-OH is 12. The molecule has 0 radical (unpaired) electrons. The Morgan fingerprint density at radius 1 is 0.589 bits per heavy atom. The van der Waals surface area contributed by atoms with Crippen molar-refractivity contribution < 1.29 is 104 Å². The number of fused-ring (bicyclic) bond motifs is 7. The standard InChI is InChI=1S/C52H84O21/c1-47(2)14-16-52(46(65)73-44-39(64)36(61)34(59)28(20-54)69-44)17-15-50(6)23(24(52)18-47)8-9-30-49(5)12-11-31(48(3,4)29(49)10-13-51(30,50)7)70-45-41(72-42-37(62)32(57)25(55)21-66-42)40(26(56)22-67-45)71-43-38(63)35(60)33(58)27(19-53)68-43/h8,24-45,53-64H,9-22H2,1-7H3/t24?,25-,26+,27-,28-,29?,30?,31+,32+,33+,34-,35+,36+,37-,38-,39-,40+,41-,42+,43+,44+,45+,49+,50-,51-,52+/m1/s1. The molecule has 0 aromatic rings. The summed E-state index contributed by atoms with van der Waals surface area (Å²) >= 11 is 0. The quantitative estimate of drug-likeness (QED) is 0.0727. The van der Waals surface area contributed by atoms with Gasteiger partial charge in [0.05, 0.1) is 37.9 Å². The molecule has 12 N–H and O–H groups in total. The van der Waals surface area contributed by atoms with E-state index in [1.165, 1.54) is 5.57 Å². The number of esters is 1. The van der Waals surface area contributed by atoms with Gasteiger partial charge in [-0.1, -0.05) is 60.1 Å². The van der Waals surface area contributed by atoms with Crippen LogP contribution in [0.2, 0.25) is 0 Å². The van der Waals surface area contributed by atoms with Crippen molar-refractivity contribution in [1.29, 1.82) is 0 Å². The third-order valence-electron chi connectivity index (χ3n) is 20.6. The van der Waals surface area contributed by atoms with Gasteiger partial charge in [0.1, 0.15) is 85.5 Å². The number of ether oxygens (including phenoxy) is 8. The van der Waals surface area contributed by atoms with Gasteiger partial charge in [-0.05, 0) is 109 Å². The minimum Gasteiger partial charge on any atom is -0.432 e. The van der Waals surface area contributed by atoms with Gasteiger partial charge in [-0.25, -0.2) is 0 Å². The van der Waals surface area contributed by atoms with Crippen LogP contribution in [-0.2, 0) is 42.7 Å². The molecule has 0 bridgehead atoms. The van der Waals surface area contributed by atoms with Gasteiger partial charge in [-0.2, -0.15) is 0 Å². The Kier molecular flexibility index (Phi) is 15.6. The molecule has 21 nitrogen and oxygen atoms in total. The first-order valence-corrected chi connectivity index (χ1v) is 26.6. The van der Waals surface area contributed by atoms with Gasteiger partial charge in [0.25, 0.3) is 0 Å². The molecule has 4 aliphatic heterocycles. The highest BCUT2D eigenvalue weighted by molar-refractivity contribution is 5.79. The Morgan fingerprint density at radius 2 is 1.16 bits per heavy atom. The highest BCUT2D eigenvalue weighted by atomic mass is 16.8. The van der Waals surface area contributed by atoms with Crippen molar-refractivity contribution in [2.24, 2.45) is 50.2 Å². The van der Waals surface area contributed by atoms with Crippen LogP contribution in [0.25, 0.3) is 0 Å². The monoisotopic (exact) mass is 1040 g/mol. The molecule has 4 saturated heterocycles. The maximum absolute atomic E-state index is 14.8. The zero-order valence-corrected chi connectivity index (χ0v) is 43.2. The molecule has 0 aromatic carbocycles. The van der Waals surface area contributed by atoms with Crippen molar-refractivity contribution in [2.45, 2.75) is 229 Å². The number of hydrogen-bond acceptors (Lipinski definition) is 21. The van der Waals surface area contributed by atoms with Crippen LogP contribution in [0.3, 0.4) is 0 Å². The van der Waals surface area contributed by atoms with Crippen LogP contribution in [0.15, 0.2) is 11.6 Å². The van der Waals surface area contributed by atoms with E-state index in [9.17, 15) is 66.1 Å². The first kappa shape index (κ1) is 56.2. The van der Waals surface area contributed by atoms with Gasteiger partial charge in [0, 0.05) is 0 Å². The second-order valence-electron chi connectivity index (χ2n) is 25.4. The lowest BCUT2D eigenvalue weighted by Gasteiger charge is -2.71. The van der Waals surface area contributed by atoms with E-state index < -0.39 is 153 Å². The molecule has 26 atom stereocenters. The van der Waals surface area contributed by atoms with E-state index in [0.29, 0.717) is 19.3 Å². The second-order valence-corrected chi connectivity index (χ2v) is 25.4. The van der Waals surface area contributed by atoms with E-state index >= 15 is 0 Å². The fraction of sp³-hybridized carbons (Fsp3) is 0.942. The van der Waals surface area contributed by atoms with E-state index in [2.05, 4.69) is 54.5 Å². The van der Waals surface area contributed by atoms with E-state index in [-0.39, 0.29) is 46.0 Å². The number of rotatable bonds is 10. The summed E-state index contributed by atoms with van der Waals surface area (Å²) in [4.78, 5) is 14.8. The van der Waals surface area contributed by atoms with Crippen LogP contribution in [0.1, 0.15) is 113 Å². The van der Waals surface area contributed by atoms with Crippen molar-refractivity contribution in [3.05, 3.63) is 11.6 Å². The summed E-state index contributed by atoms with van der Waals surface area (Å²) in [5, 5.41) is 127. The maximum Gasteiger partial charge on any atom is 0.315 e. The number of allylic oxidation sites excluding steroid dienone is 2. The van der Waals surface area contributed by atoms with Gasteiger partial charge in [0.15, 0.2) is 18.9 Å². The SMILES string of the molecule is CC1(C)CC[C@]2(C(=O)O[C@@H]3O[C@H](CO)[C@@H](O)[C@H](O)[C@H]3O)CC[C@]3(C)C(=CCC4[C@@]5(C)CC[C@H](O[C@@H]6OC[C@H](O)[C@H](O[C@@H]7O[C@H](CO)[C@H](O)[C@H](O)[C@H]7O)[C@H]6O[C@@H]6OC[C@@H](O)[C@H](O)[C@H]6O)C(C)(C)C5CC[C@]43C)C2C1. The first-order chi connectivity index (χ1) is 34.2. The summed E-state index contributed by atoms with van der Waals surface area (Å²) in [5.41, 5.74) is -0.886. The van der Waals surface area contributed by atoms with Crippen LogP contribution in [0.4, 0.5) is 0 Å². The van der Waals surface area contributed by atoms with Crippen LogP contribution >= 0.6 is 0 Å². The normalized spacial score (nSPS) is 53.7. The largest absolute Gasteiger partial charge is 0.432 e. The molecule has 5 aliphatic carbocycles. The summed E-state index contributed by atoms with van der Waals surface area (Å²) in [7, 11) is 0. The second kappa shape index (κ2) is 20.3. The van der Waals surface area contributed by atoms with Crippen LogP contribution < -0.4 is 0 Å². The highest BCUT2D eigenvalue weighted by Crippen LogP contribution is 2.76. The van der Waals surface area contributed by atoms with Gasteiger partial charge in [0.2, 0.25) is 6.29 Å². The predicted molar refractivity (Wildman–Crippen MR) is 251 cm³/mol. The number of carbonyl (C=O) groups excluding carboxylic acids is 1. The molecule has 4 saturated carbocycles. The maximum atomic E-state index is 14.8. The Hall–Kier alpha value is -1.55. The minimum absolute atomic E-state index is 0.0796. The third-order valence-corrected chi connectivity index (χ3v) is 20.6. The molecular formula is C52H84O21. The molecule has 3 unspecified atom stereocenters. The molecule has 0 aromatic heterocycles. The number of aliphatic hydroxyl groups is 12. The van der Waals surface area contributed by atoms with Crippen LogP contribution in [0, 0.1) is 50.2 Å². The summed E-state index contributed by atoms with van der Waals surface area (Å²) in [6.07, 6.45) is -18.8. The van der Waals surface area contributed by atoms with Crippen LogP contribution in [0.5, 0.6) is 0 Å². The smallest absolute Gasteiger partial charge is 0.315 e. The zero-order valence-electron chi connectivity index (χ0n) is 43.2. The average molecular weight is 1050 g/mol. The first-order valence-electron chi connectivity index (χ1n) is 26.6. The fourth-order valence-electron chi connectivity index (χ4n) is 16.0. The average Bonchev–Trinajstić information content (AvgIpc) is 3.34. The minimum atomic E-state index is -1.83. The molecular weight excluding hydrogens is 961 g/mol. The van der Waals surface area contributed by atoms with Gasteiger partial charge < -0.3 is 99.2 Å². The molecule has 73 heavy (non-hydrogen) atoms. The van der Waals surface area contributed by atoms with E-state index in [4.69, 9.17) is 37.9 Å². The number of carbonyl (C=O) groups is 1. The van der Waals surface area contributed by atoms with Crippen molar-refractivity contribution >= 4 is 5.97 Å².